The van der Waals surface area contributed by atoms with Crippen LogP contribution < -0.4 is 0 Å². The average Bonchev–Trinajstić information content (AvgIpc) is 3.74. The van der Waals surface area contributed by atoms with Gasteiger partial charge >= 0.3 is 0 Å². The fraction of sp³-hybridized carbons (Fsp3) is 0.0588. The molecule has 10 rings (SSSR count). The number of hydrogen-bond donors (Lipinski definition) is 0. The molecule has 252 valence electrons. The SMILES string of the molecule is CC(C)n1c2ccccc2c2cc(-c3ccc4c(c3)c3ccccc3n4-c3cccc(-c4cc(-c5ccccc5)cc(-c5ccccc5)c4)c3)ccc21. The molecular formula is C51H38N2. The molecule has 0 atom stereocenters. The molecule has 2 heteroatoms. The van der Waals surface area contributed by atoms with E-state index < -0.39 is 0 Å². The van der Waals surface area contributed by atoms with E-state index in [-0.39, 0.29) is 0 Å². The molecule has 0 saturated carbocycles. The highest BCUT2D eigenvalue weighted by molar-refractivity contribution is 6.12. The summed E-state index contributed by atoms with van der Waals surface area (Å²) in [6.45, 7) is 4.53. The van der Waals surface area contributed by atoms with Crippen molar-refractivity contribution in [2.45, 2.75) is 19.9 Å². The summed E-state index contributed by atoms with van der Waals surface area (Å²) in [7, 11) is 0. The van der Waals surface area contributed by atoms with Crippen molar-refractivity contribution in [2.24, 2.45) is 0 Å². The zero-order valence-electron chi connectivity index (χ0n) is 29.9. The van der Waals surface area contributed by atoms with E-state index in [1.165, 1.54) is 88.1 Å². The molecule has 0 aliphatic heterocycles. The molecule has 10 aromatic rings. The molecule has 0 bridgehead atoms. The van der Waals surface area contributed by atoms with Gasteiger partial charge in [-0.25, -0.2) is 0 Å². The molecular weight excluding hydrogens is 641 g/mol. The quantitative estimate of drug-likeness (QED) is 0.166. The molecule has 53 heavy (non-hydrogen) atoms. The van der Waals surface area contributed by atoms with Gasteiger partial charge < -0.3 is 9.13 Å². The van der Waals surface area contributed by atoms with Gasteiger partial charge in [0.1, 0.15) is 0 Å². The van der Waals surface area contributed by atoms with E-state index >= 15 is 0 Å². The molecule has 0 N–H and O–H groups in total. The number of aromatic nitrogens is 2. The molecule has 0 aliphatic rings. The molecule has 2 nitrogen and oxygen atoms in total. The highest BCUT2D eigenvalue weighted by atomic mass is 15.0. The zero-order chi connectivity index (χ0) is 35.5. The van der Waals surface area contributed by atoms with Gasteiger partial charge in [0.2, 0.25) is 0 Å². The van der Waals surface area contributed by atoms with E-state index in [4.69, 9.17) is 0 Å². The number of nitrogens with zero attached hydrogens (tertiary/aromatic N) is 2. The first kappa shape index (κ1) is 31.1. The first-order valence-electron chi connectivity index (χ1n) is 18.5. The Morgan fingerprint density at radius 3 is 1.36 bits per heavy atom. The number of hydrogen-bond acceptors (Lipinski definition) is 0. The average molecular weight is 679 g/mol. The van der Waals surface area contributed by atoms with Crippen LogP contribution in [0.2, 0.25) is 0 Å². The van der Waals surface area contributed by atoms with Gasteiger partial charge in [0.25, 0.3) is 0 Å². The predicted molar refractivity (Wildman–Crippen MR) is 226 cm³/mol. The highest BCUT2D eigenvalue weighted by Gasteiger charge is 2.17. The lowest BCUT2D eigenvalue weighted by atomic mass is 9.93. The van der Waals surface area contributed by atoms with Crippen molar-refractivity contribution in [1.29, 1.82) is 0 Å². The molecule has 0 radical (unpaired) electrons. The Morgan fingerprint density at radius 1 is 0.302 bits per heavy atom. The Balaban J connectivity index is 1.12. The van der Waals surface area contributed by atoms with Crippen LogP contribution in [0.3, 0.4) is 0 Å². The maximum atomic E-state index is 2.46. The van der Waals surface area contributed by atoms with E-state index in [0.717, 1.165) is 5.69 Å². The number of para-hydroxylation sites is 2. The summed E-state index contributed by atoms with van der Waals surface area (Å²) in [5.74, 6) is 0. The maximum absolute atomic E-state index is 2.46. The molecule has 2 aromatic heterocycles. The van der Waals surface area contributed by atoms with Crippen LogP contribution in [0.4, 0.5) is 0 Å². The van der Waals surface area contributed by atoms with Crippen LogP contribution in [-0.2, 0) is 0 Å². The minimum absolute atomic E-state index is 0.378. The Hall–Kier alpha value is -6.64. The van der Waals surface area contributed by atoms with Crippen LogP contribution in [0.1, 0.15) is 19.9 Å². The van der Waals surface area contributed by atoms with Crippen molar-refractivity contribution in [3.63, 3.8) is 0 Å². The Morgan fingerprint density at radius 2 is 0.736 bits per heavy atom. The highest BCUT2D eigenvalue weighted by Crippen LogP contribution is 2.39. The van der Waals surface area contributed by atoms with Crippen LogP contribution >= 0.6 is 0 Å². The third-order valence-corrected chi connectivity index (χ3v) is 10.8. The number of benzene rings is 8. The second kappa shape index (κ2) is 12.5. The van der Waals surface area contributed by atoms with Crippen molar-refractivity contribution < 1.29 is 0 Å². The minimum atomic E-state index is 0.378. The monoisotopic (exact) mass is 678 g/mol. The Bertz CT molecular complexity index is 2900. The summed E-state index contributed by atoms with van der Waals surface area (Å²) in [6.07, 6.45) is 0. The summed E-state index contributed by atoms with van der Waals surface area (Å²) in [4.78, 5) is 0. The van der Waals surface area contributed by atoms with Crippen LogP contribution in [0.5, 0.6) is 0 Å². The van der Waals surface area contributed by atoms with Gasteiger partial charge in [-0.15, -0.1) is 0 Å². The van der Waals surface area contributed by atoms with Crippen LogP contribution in [0, 0.1) is 0 Å². The van der Waals surface area contributed by atoms with Crippen LogP contribution in [0.15, 0.2) is 188 Å². The molecule has 0 fully saturated rings. The normalized spacial score (nSPS) is 11.8. The molecule has 8 aromatic carbocycles. The standard InChI is InChI=1S/C51H38N2/c1-34(2)52-48-22-11-9-20-44(48)46-32-38(24-26-50(46)52)39-25-27-51-47(33-39)45-21-10-12-23-49(45)53(51)43-19-13-18-37(31-43)42-29-40(35-14-5-3-6-15-35)28-41(30-42)36-16-7-4-8-17-36/h3-34H,1-2H3. The van der Waals surface area contributed by atoms with Gasteiger partial charge in [-0.2, -0.15) is 0 Å². The largest absolute Gasteiger partial charge is 0.338 e. The molecule has 0 saturated heterocycles. The smallest absolute Gasteiger partial charge is 0.0541 e. The van der Waals surface area contributed by atoms with E-state index in [2.05, 4.69) is 211 Å². The van der Waals surface area contributed by atoms with Gasteiger partial charge in [-0.05, 0) is 125 Å². The predicted octanol–water partition coefficient (Wildman–Crippen LogP) is 14.1. The second-order valence-electron chi connectivity index (χ2n) is 14.4. The Kier molecular flexibility index (Phi) is 7.37. The van der Waals surface area contributed by atoms with Crippen molar-refractivity contribution in [3.05, 3.63) is 188 Å². The van der Waals surface area contributed by atoms with Crippen molar-refractivity contribution in [1.82, 2.24) is 9.13 Å². The lowest BCUT2D eigenvalue weighted by Gasteiger charge is -2.14. The summed E-state index contributed by atoms with van der Waals surface area (Å²) in [6, 6.07) is 69.3. The van der Waals surface area contributed by atoms with Gasteiger partial charge in [-0.1, -0.05) is 121 Å². The fourth-order valence-corrected chi connectivity index (χ4v) is 8.38. The second-order valence-corrected chi connectivity index (χ2v) is 14.4. The van der Waals surface area contributed by atoms with Crippen LogP contribution in [0.25, 0.3) is 93.8 Å². The minimum Gasteiger partial charge on any atom is -0.338 e. The van der Waals surface area contributed by atoms with E-state index in [0.29, 0.717) is 6.04 Å². The van der Waals surface area contributed by atoms with E-state index in [1.54, 1.807) is 0 Å². The van der Waals surface area contributed by atoms with Crippen molar-refractivity contribution >= 4 is 43.6 Å². The summed E-state index contributed by atoms with van der Waals surface area (Å²) < 4.78 is 4.89. The van der Waals surface area contributed by atoms with Crippen molar-refractivity contribution in [2.75, 3.05) is 0 Å². The number of rotatable bonds is 6. The number of fused-ring (bicyclic) bond motifs is 6. The summed E-state index contributed by atoms with van der Waals surface area (Å²) in [5.41, 5.74) is 15.8. The maximum Gasteiger partial charge on any atom is 0.0541 e. The summed E-state index contributed by atoms with van der Waals surface area (Å²) in [5, 5.41) is 5.12. The molecule has 0 spiro atoms. The third-order valence-electron chi connectivity index (χ3n) is 10.8. The molecule has 2 heterocycles. The first-order valence-corrected chi connectivity index (χ1v) is 18.5. The fourth-order valence-electron chi connectivity index (χ4n) is 8.38. The van der Waals surface area contributed by atoms with E-state index in [1.807, 2.05) is 0 Å². The van der Waals surface area contributed by atoms with Gasteiger partial charge in [-0.3, -0.25) is 0 Å². The van der Waals surface area contributed by atoms with E-state index in [9.17, 15) is 0 Å². The lowest BCUT2D eigenvalue weighted by Crippen LogP contribution is -1.99. The molecule has 0 amide bonds. The molecule has 0 unspecified atom stereocenters. The first-order chi connectivity index (χ1) is 26.1. The van der Waals surface area contributed by atoms with Gasteiger partial charge in [0, 0.05) is 44.3 Å². The van der Waals surface area contributed by atoms with Crippen LogP contribution in [-0.4, -0.2) is 9.13 Å². The third kappa shape index (κ3) is 5.26. The summed E-state index contributed by atoms with van der Waals surface area (Å²) >= 11 is 0. The zero-order valence-corrected chi connectivity index (χ0v) is 29.9. The lowest BCUT2D eigenvalue weighted by molar-refractivity contribution is 0.642. The Labute approximate surface area is 309 Å². The van der Waals surface area contributed by atoms with Crippen molar-refractivity contribution in [3.8, 4) is 50.2 Å². The topological polar surface area (TPSA) is 9.86 Å². The molecule has 0 aliphatic carbocycles. The van der Waals surface area contributed by atoms with Gasteiger partial charge in [0.15, 0.2) is 0 Å². The van der Waals surface area contributed by atoms with Gasteiger partial charge in [0.05, 0.1) is 11.0 Å².